The fourth-order valence-electron chi connectivity index (χ4n) is 3.89. The van der Waals surface area contributed by atoms with Crippen molar-refractivity contribution in [1.82, 2.24) is 4.68 Å². The number of aromatic nitrogens is 1. The zero-order valence-corrected chi connectivity index (χ0v) is 18.3. The summed E-state index contributed by atoms with van der Waals surface area (Å²) in [4.78, 5) is 5.68. The molecule has 5 heteroatoms. The van der Waals surface area contributed by atoms with Crippen LogP contribution < -0.4 is 15.0 Å². The minimum atomic E-state index is 0.748. The molecule has 1 aliphatic rings. The Balaban J connectivity index is 1.79. The minimum absolute atomic E-state index is 0.748. The SMILES string of the molecule is CCN=c1scc(-c2ccc(OC)cc2)n1NC1=CCCc2c(C)cc(C)cc21. The van der Waals surface area contributed by atoms with Gasteiger partial charge in [0.1, 0.15) is 5.75 Å². The van der Waals surface area contributed by atoms with Crippen LogP contribution in [0.2, 0.25) is 0 Å². The molecule has 29 heavy (non-hydrogen) atoms. The van der Waals surface area contributed by atoms with E-state index in [2.05, 4.69) is 66.6 Å². The van der Waals surface area contributed by atoms with E-state index in [9.17, 15) is 0 Å². The van der Waals surface area contributed by atoms with E-state index in [4.69, 9.17) is 9.73 Å². The van der Waals surface area contributed by atoms with Crippen LogP contribution in [-0.2, 0) is 6.42 Å². The van der Waals surface area contributed by atoms with Crippen molar-refractivity contribution in [3.05, 3.63) is 74.9 Å². The highest BCUT2D eigenvalue weighted by molar-refractivity contribution is 7.07. The third kappa shape index (κ3) is 3.87. The van der Waals surface area contributed by atoms with Gasteiger partial charge < -0.3 is 4.74 Å². The van der Waals surface area contributed by atoms with Crippen molar-refractivity contribution in [2.75, 3.05) is 19.1 Å². The summed E-state index contributed by atoms with van der Waals surface area (Å²) in [6.07, 6.45) is 4.44. The number of allylic oxidation sites excluding steroid dienone is 1. The molecule has 0 saturated carbocycles. The Hall–Kier alpha value is -2.79. The Morgan fingerprint density at radius 2 is 1.97 bits per heavy atom. The molecule has 0 spiro atoms. The van der Waals surface area contributed by atoms with Gasteiger partial charge in [0.15, 0.2) is 0 Å². The summed E-state index contributed by atoms with van der Waals surface area (Å²) in [6, 6.07) is 12.7. The number of aryl methyl sites for hydroxylation is 2. The maximum Gasteiger partial charge on any atom is 0.204 e. The second kappa shape index (κ2) is 8.29. The average molecular weight is 406 g/mol. The molecule has 4 rings (SSSR count). The van der Waals surface area contributed by atoms with Crippen LogP contribution in [-0.4, -0.2) is 18.3 Å². The molecule has 1 aromatic heterocycles. The van der Waals surface area contributed by atoms with Crippen molar-refractivity contribution in [1.29, 1.82) is 0 Å². The molecular weight excluding hydrogens is 378 g/mol. The normalized spacial score (nSPS) is 13.8. The summed E-state index contributed by atoms with van der Waals surface area (Å²) < 4.78 is 7.43. The summed E-state index contributed by atoms with van der Waals surface area (Å²) in [6.45, 7) is 7.20. The van der Waals surface area contributed by atoms with Crippen LogP contribution in [0.25, 0.3) is 17.0 Å². The van der Waals surface area contributed by atoms with E-state index in [0.29, 0.717) is 0 Å². The lowest BCUT2D eigenvalue weighted by Gasteiger charge is -2.23. The maximum absolute atomic E-state index is 5.31. The summed E-state index contributed by atoms with van der Waals surface area (Å²) in [5.41, 5.74) is 12.5. The van der Waals surface area contributed by atoms with Gasteiger partial charge in [-0.05, 0) is 75.1 Å². The molecule has 1 N–H and O–H groups in total. The second-order valence-electron chi connectivity index (χ2n) is 7.32. The van der Waals surface area contributed by atoms with Gasteiger partial charge in [0.05, 0.1) is 18.5 Å². The van der Waals surface area contributed by atoms with Crippen molar-refractivity contribution in [3.8, 4) is 17.0 Å². The number of methoxy groups -OCH3 is 1. The third-order valence-corrected chi connectivity index (χ3v) is 6.13. The highest BCUT2D eigenvalue weighted by Gasteiger charge is 2.17. The lowest BCUT2D eigenvalue weighted by molar-refractivity contribution is 0.415. The van der Waals surface area contributed by atoms with Gasteiger partial charge in [0.25, 0.3) is 0 Å². The first-order chi connectivity index (χ1) is 14.1. The molecule has 2 aromatic carbocycles. The number of fused-ring (bicyclic) bond motifs is 1. The van der Waals surface area contributed by atoms with Crippen LogP contribution >= 0.6 is 11.3 Å². The van der Waals surface area contributed by atoms with Gasteiger partial charge in [-0.3, -0.25) is 10.4 Å². The van der Waals surface area contributed by atoms with Gasteiger partial charge in [0, 0.05) is 23.1 Å². The zero-order chi connectivity index (χ0) is 20.4. The molecule has 0 radical (unpaired) electrons. The number of rotatable bonds is 5. The Bertz CT molecular complexity index is 1120. The van der Waals surface area contributed by atoms with Gasteiger partial charge in [-0.25, -0.2) is 4.68 Å². The lowest BCUT2D eigenvalue weighted by atomic mass is 9.89. The van der Waals surface area contributed by atoms with Crippen molar-refractivity contribution < 1.29 is 4.74 Å². The van der Waals surface area contributed by atoms with Crippen LogP contribution in [0.3, 0.4) is 0 Å². The standard InChI is InChI=1S/C24H27N3OS/c1-5-25-24-27(23(15-29-24)18-9-11-19(28-4)12-10-18)26-22-8-6-7-20-17(3)13-16(2)14-21(20)22/h8-15,26H,5-7H2,1-4H3. The number of nitrogens with zero attached hydrogens (tertiary/aromatic N) is 2. The van der Waals surface area contributed by atoms with E-state index in [0.717, 1.165) is 46.9 Å². The maximum atomic E-state index is 5.31. The fourth-order valence-corrected chi connectivity index (χ4v) is 4.81. The molecule has 4 nitrogen and oxygen atoms in total. The Morgan fingerprint density at radius 3 is 2.69 bits per heavy atom. The second-order valence-corrected chi connectivity index (χ2v) is 8.15. The number of hydrogen-bond acceptors (Lipinski definition) is 4. The van der Waals surface area contributed by atoms with Crippen LogP contribution in [0.15, 0.2) is 52.8 Å². The topological polar surface area (TPSA) is 38.5 Å². The van der Waals surface area contributed by atoms with Gasteiger partial charge in [0.2, 0.25) is 4.80 Å². The van der Waals surface area contributed by atoms with Gasteiger partial charge in [-0.15, -0.1) is 11.3 Å². The molecule has 1 aliphatic carbocycles. The first kappa shape index (κ1) is 19.5. The van der Waals surface area contributed by atoms with E-state index in [1.807, 2.05) is 12.1 Å². The van der Waals surface area contributed by atoms with E-state index < -0.39 is 0 Å². The first-order valence-corrected chi connectivity index (χ1v) is 10.9. The highest BCUT2D eigenvalue weighted by Crippen LogP contribution is 2.30. The van der Waals surface area contributed by atoms with Gasteiger partial charge >= 0.3 is 0 Å². The van der Waals surface area contributed by atoms with Crippen molar-refractivity contribution in [2.24, 2.45) is 4.99 Å². The first-order valence-electron chi connectivity index (χ1n) is 10.0. The predicted octanol–water partition coefficient (Wildman–Crippen LogP) is 5.29. The Kier molecular flexibility index (Phi) is 5.58. The van der Waals surface area contributed by atoms with Crippen LogP contribution in [0, 0.1) is 13.8 Å². The fraction of sp³-hybridized carbons (Fsp3) is 0.292. The molecule has 3 aromatic rings. The molecule has 0 atom stereocenters. The number of ether oxygens (including phenoxy) is 1. The van der Waals surface area contributed by atoms with Crippen molar-refractivity contribution in [2.45, 2.75) is 33.6 Å². The molecule has 150 valence electrons. The summed E-state index contributed by atoms with van der Waals surface area (Å²) in [5, 5.41) is 2.16. The summed E-state index contributed by atoms with van der Waals surface area (Å²) in [7, 11) is 1.69. The summed E-state index contributed by atoms with van der Waals surface area (Å²) in [5.74, 6) is 0.858. The number of hydrogen-bond donors (Lipinski definition) is 1. The molecule has 0 bridgehead atoms. The van der Waals surface area contributed by atoms with Gasteiger partial charge in [-0.1, -0.05) is 17.7 Å². The molecule has 0 unspecified atom stereocenters. The highest BCUT2D eigenvalue weighted by atomic mass is 32.1. The van der Waals surface area contributed by atoms with E-state index in [1.54, 1.807) is 18.4 Å². The Labute approximate surface area is 176 Å². The van der Waals surface area contributed by atoms with E-state index >= 15 is 0 Å². The minimum Gasteiger partial charge on any atom is -0.497 e. The average Bonchev–Trinajstić information content (AvgIpc) is 3.11. The number of benzene rings is 2. The van der Waals surface area contributed by atoms with E-state index in [1.165, 1.54) is 22.3 Å². The Morgan fingerprint density at radius 1 is 1.17 bits per heavy atom. The zero-order valence-electron chi connectivity index (χ0n) is 17.5. The summed E-state index contributed by atoms with van der Waals surface area (Å²) >= 11 is 1.66. The molecular formula is C24H27N3OS. The monoisotopic (exact) mass is 405 g/mol. The largest absolute Gasteiger partial charge is 0.497 e. The lowest BCUT2D eigenvalue weighted by Crippen LogP contribution is -2.27. The van der Waals surface area contributed by atoms with Crippen LogP contribution in [0.5, 0.6) is 5.75 Å². The number of thiazole rings is 1. The van der Waals surface area contributed by atoms with Gasteiger partial charge in [-0.2, -0.15) is 0 Å². The molecule has 0 saturated heterocycles. The molecule has 1 heterocycles. The molecule has 0 amide bonds. The third-order valence-electron chi connectivity index (χ3n) is 5.27. The smallest absolute Gasteiger partial charge is 0.204 e. The molecule has 0 fully saturated rings. The predicted molar refractivity (Wildman–Crippen MR) is 122 cm³/mol. The van der Waals surface area contributed by atoms with Crippen molar-refractivity contribution in [3.63, 3.8) is 0 Å². The number of nitrogens with one attached hydrogen (secondary N) is 1. The molecule has 0 aliphatic heterocycles. The van der Waals surface area contributed by atoms with Crippen LogP contribution in [0.1, 0.15) is 35.6 Å². The quantitative estimate of drug-likeness (QED) is 0.626. The van der Waals surface area contributed by atoms with Crippen molar-refractivity contribution >= 4 is 17.0 Å². The van der Waals surface area contributed by atoms with E-state index in [-0.39, 0.29) is 0 Å². The van der Waals surface area contributed by atoms with Crippen LogP contribution in [0.4, 0.5) is 0 Å².